The number of anilines is 1. The second-order valence-electron chi connectivity index (χ2n) is 11.2. The molecule has 2 amide bonds. The van der Waals surface area contributed by atoms with Crippen molar-refractivity contribution in [3.05, 3.63) is 94.5 Å². The van der Waals surface area contributed by atoms with Crippen LogP contribution in [0.1, 0.15) is 69.9 Å². The minimum atomic E-state index is -4.08. The number of nitrogens with zero attached hydrogens (tertiary/aromatic N) is 2. The Morgan fingerprint density at radius 2 is 1.50 bits per heavy atom. The van der Waals surface area contributed by atoms with Crippen LogP contribution >= 0.6 is 15.9 Å². The third-order valence-electron chi connectivity index (χ3n) is 7.84. The Labute approximate surface area is 258 Å². The summed E-state index contributed by atoms with van der Waals surface area (Å²) in [6.45, 7) is 5.56. The van der Waals surface area contributed by atoms with Gasteiger partial charge in [0.15, 0.2) is 0 Å². The molecule has 1 aliphatic rings. The van der Waals surface area contributed by atoms with Crippen molar-refractivity contribution in [2.75, 3.05) is 10.8 Å². The van der Waals surface area contributed by atoms with Crippen molar-refractivity contribution < 1.29 is 18.0 Å². The molecule has 0 saturated heterocycles. The zero-order chi connectivity index (χ0) is 30.3. The van der Waals surface area contributed by atoms with Crippen LogP contribution in [0.2, 0.25) is 0 Å². The maximum Gasteiger partial charge on any atom is 0.264 e. The molecule has 0 bridgehead atoms. The molecule has 224 valence electrons. The molecular formula is C33H40BrN3O4S. The van der Waals surface area contributed by atoms with Crippen molar-refractivity contribution in [2.24, 2.45) is 0 Å². The summed E-state index contributed by atoms with van der Waals surface area (Å²) in [6, 6.07) is 22.2. The number of hydrogen-bond donors (Lipinski definition) is 1. The number of sulfonamides is 1. The first kappa shape index (κ1) is 31.8. The van der Waals surface area contributed by atoms with Crippen LogP contribution in [0.4, 0.5) is 5.69 Å². The summed E-state index contributed by atoms with van der Waals surface area (Å²) < 4.78 is 29.9. The highest BCUT2D eigenvalue weighted by Crippen LogP contribution is 2.27. The molecule has 9 heteroatoms. The Balaban J connectivity index is 1.67. The first-order valence-corrected chi connectivity index (χ1v) is 16.8. The molecule has 0 radical (unpaired) electrons. The van der Waals surface area contributed by atoms with Crippen LogP contribution in [0.15, 0.2) is 88.2 Å². The molecule has 1 unspecified atom stereocenters. The van der Waals surface area contributed by atoms with E-state index in [1.54, 1.807) is 37.3 Å². The van der Waals surface area contributed by atoms with E-state index >= 15 is 0 Å². The molecule has 1 atom stereocenters. The lowest BCUT2D eigenvalue weighted by Gasteiger charge is -2.33. The van der Waals surface area contributed by atoms with Crippen LogP contribution in [0.3, 0.4) is 0 Å². The van der Waals surface area contributed by atoms with E-state index in [1.165, 1.54) is 23.5 Å². The predicted molar refractivity (Wildman–Crippen MR) is 171 cm³/mol. The summed E-state index contributed by atoms with van der Waals surface area (Å²) in [5, 5.41) is 3.13. The molecule has 4 rings (SSSR count). The van der Waals surface area contributed by atoms with Gasteiger partial charge >= 0.3 is 0 Å². The van der Waals surface area contributed by atoms with Gasteiger partial charge in [0, 0.05) is 17.1 Å². The van der Waals surface area contributed by atoms with Gasteiger partial charge in [-0.1, -0.05) is 91.5 Å². The van der Waals surface area contributed by atoms with Gasteiger partial charge in [-0.2, -0.15) is 0 Å². The normalized spacial score (nSPS) is 14.8. The number of benzene rings is 3. The van der Waals surface area contributed by atoms with Crippen LogP contribution < -0.4 is 9.62 Å². The fourth-order valence-corrected chi connectivity index (χ4v) is 6.91. The highest BCUT2D eigenvalue weighted by atomic mass is 79.9. The molecular weight excluding hydrogens is 614 g/mol. The largest absolute Gasteiger partial charge is 0.352 e. The van der Waals surface area contributed by atoms with Crippen LogP contribution in [-0.4, -0.2) is 43.8 Å². The van der Waals surface area contributed by atoms with E-state index < -0.39 is 28.5 Å². The topological polar surface area (TPSA) is 86.8 Å². The zero-order valence-corrected chi connectivity index (χ0v) is 26.9. The van der Waals surface area contributed by atoms with Gasteiger partial charge in [-0.3, -0.25) is 13.9 Å². The molecule has 0 aromatic heterocycles. The molecule has 42 heavy (non-hydrogen) atoms. The molecule has 7 nitrogen and oxygen atoms in total. The lowest BCUT2D eigenvalue weighted by molar-refractivity contribution is -0.139. The van der Waals surface area contributed by atoms with Crippen molar-refractivity contribution in [3.63, 3.8) is 0 Å². The van der Waals surface area contributed by atoms with Gasteiger partial charge < -0.3 is 10.2 Å². The number of carbonyl (C=O) groups excluding carboxylic acids is 2. The minimum Gasteiger partial charge on any atom is -0.352 e. The Morgan fingerprint density at radius 3 is 2.10 bits per heavy atom. The third-order valence-corrected chi connectivity index (χ3v) is 10.2. The summed E-state index contributed by atoms with van der Waals surface area (Å²) >= 11 is 3.45. The molecule has 0 aliphatic heterocycles. The third kappa shape index (κ3) is 8.01. The number of amides is 2. The minimum absolute atomic E-state index is 0.0905. The SMILES string of the molecule is CC(C)c1ccc(N(CC(=O)N(Cc2ccc(Br)cc2)C(C)C(=O)NC2CCCCC2)S(=O)(=O)c2ccccc2)cc1. The first-order chi connectivity index (χ1) is 20.1. The summed E-state index contributed by atoms with van der Waals surface area (Å²) in [7, 11) is -4.08. The number of halogens is 1. The Morgan fingerprint density at radius 1 is 0.881 bits per heavy atom. The Kier molecular flexibility index (Phi) is 10.8. The van der Waals surface area contributed by atoms with Crippen molar-refractivity contribution in [3.8, 4) is 0 Å². The molecule has 0 heterocycles. The van der Waals surface area contributed by atoms with Crippen molar-refractivity contribution >= 4 is 43.5 Å². The maximum absolute atomic E-state index is 14.1. The van der Waals surface area contributed by atoms with E-state index in [0.29, 0.717) is 5.69 Å². The van der Waals surface area contributed by atoms with E-state index in [1.807, 2.05) is 36.4 Å². The summed E-state index contributed by atoms with van der Waals surface area (Å²) in [6.07, 6.45) is 5.16. The zero-order valence-electron chi connectivity index (χ0n) is 24.5. The molecule has 1 aliphatic carbocycles. The number of hydrogen-bond acceptors (Lipinski definition) is 4. The first-order valence-electron chi connectivity index (χ1n) is 14.6. The van der Waals surface area contributed by atoms with Gasteiger partial charge in [0.2, 0.25) is 11.8 Å². The van der Waals surface area contributed by atoms with Gasteiger partial charge in [-0.25, -0.2) is 8.42 Å². The fraction of sp³-hybridized carbons (Fsp3) is 0.394. The van der Waals surface area contributed by atoms with Crippen LogP contribution in [0.25, 0.3) is 0 Å². The van der Waals surface area contributed by atoms with Gasteiger partial charge in [0.25, 0.3) is 10.0 Å². The number of rotatable bonds is 11. The second-order valence-corrected chi connectivity index (χ2v) is 14.0. The van der Waals surface area contributed by atoms with Gasteiger partial charge in [-0.15, -0.1) is 0 Å². The lowest BCUT2D eigenvalue weighted by Crippen LogP contribution is -2.53. The molecule has 3 aromatic rings. The average molecular weight is 655 g/mol. The van der Waals surface area contributed by atoms with Crippen LogP contribution in [-0.2, 0) is 26.2 Å². The monoisotopic (exact) mass is 653 g/mol. The standard InChI is InChI=1S/C33H40BrN3O4S/c1-24(2)27-16-20-30(21-17-27)37(42(40,41)31-12-8-5-9-13-31)23-32(38)36(22-26-14-18-28(34)19-15-26)25(3)33(39)35-29-10-6-4-7-11-29/h5,8-9,12-21,24-25,29H,4,6-7,10-11,22-23H2,1-3H3,(H,35,39). The van der Waals surface area contributed by atoms with Crippen molar-refractivity contribution in [1.29, 1.82) is 0 Å². The van der Waals surface area contributed by atoms with Crippen LogP contribution in [0.5, 0.6) is 0 Å². The van der Waals surface area contributed by atoms with E-state index in [2.05, 4.69) is 35.1 Å². The molecule has 0 spiro atoms. The van der Waals surface area contributed by atoms with Crippen molar-refractivity contribution in [1.82, 2.24) is 10.2 Å². The van der Waals surface area contributed by atoms with Gasteiger partial charge in [-0.05, 0) is 73.2 Å². The second kappa shape index (κ2) is 14.3. The Bertz CT molecular complexity index is 1440. The summed E-state index contributed by atoms with van der Waals surface area (Å²) in [5.41, 5.74) is 2.29. The number of carbonyl (C=O) groups is 2. The van der Waals surface area contributed by atoms with E-state index in [4.69, 9.17) is 0 Å². The summed E-state index contributed by atoms with van der Waals surface area (Å²) in [4.78, 5) is 29.1. The lowest BCUT2D eigenvalue weighted by atomic mass is 9.95. The van der Waals surface area contributed by atoms with Crippen molar-refractivity contribution in [2.45, 2.75) is 82.3 Å². The molecule has 3 aromatic carbocycles. The van der Waals surface area contributed by atoms with E-state index in [9.17, 15) is 18.0 Å². The Hall–Kier alpha value is -3.17. The highest BCUT2D eigenvalue weighted by molar-refractivity contribution is 9.10. The maximum atomic E-state index is 14.1. The molecule has 1 N–H and O–H groups in total. The van der Waals surface area contributed by atoms with E-state index in [0.717, 1.165) is 45.6 Å². The summed E-state index contributed by atoms with van der Waals surface area (Å²) in [5.74, 6) is -0.424. The number of nitrogens with one attached hydrogen (secondary N) is 1. The smallest absolute Gasteiger partial charge is 0.264 e. The quantitative estimate of drug-likeness (QED) is 0.252. The molecule has 1 fully saturated rings. The molecule has 1 saturated carbocycles. The average Bonchev–Trinajstić information content (AvgIpc) is 3.00. The predicted octanol–water partition coefficient (Wildman–Crippen LogP) is 6.63. The fourth-order valence-electron chi connectivity index (χ4n) is 5.21. The van der Waals surface area contributed by atoms with Gasteiger partial charge in [0.1, 0.15) is 12.6 Å². The van der Waals surface area contributed by atoms with Gasteiger partial charge in [0.05, 0.1) is 10.6 Å². The highest BCUT2D eigenvalue weighted by Gasteiger charge is 2.33. The van der Waals surface area contributed by atoms with E-state index in [-0.39, 0.29) is 29.3 Å². The van der Waals surface area contributed by atoms with Crippen LogP contribution in [0, 0.1) is 0 Å².